The van der Waals surface area contributed by atoms with Gasteiger partial charge in [0.05, 0.1) is 17.3 Å². The van der Waals surface area contributed by atoms with Gasteiger partial charge in [-0.2, -0.15) is 5.10 Å². The van der Waals surface area contributed by atoms with Gasteiger partial charge in [-0.25, -0.2) is 14.6 Å². The van der Waals surface area contributed by atoms with Crippen LogP contribution >= 0.6 is 0 Å². The van der Waals surface area contributed by atoms with E-state index in [1.165, 1.54) is 16.7 Å². The van der Waals surface area contributed by atoms with Crippen molar-refractivity contribution < 1.29 is 0 Å². The van der Waals surface area contributed by atoms with Gasteiger partial charge in [-0.15, -0.1) is 0 Å². The van der Waals surface area contributed by atoms with Crippen LogP contribution in [-0.4, -0.2) is 26.3 Å². The first-order valence-electron chi connectivity index (χ1n) is 9.18. The van der Waals surface area contributed by atoms with Crippen molar-refractivity contribution in [3.05, 3.63) is 71.7 Å². The molecule has 27 heavy (non-hydrogen) atoms. The van der Waals surface area contributed by atoms with E-state index in [1.54, 1.807) is 6.33 Å². The Morgan fingerprint density at radius 3 is 2.41 bits per heavy atom. The number of benzene rings is 2. The normalized spacial score (nSPS) is 11.1. The van der Waals surface area contributed by atoms with Crippen LogP contribution in [0.3, 0.4) is 0 Å². The van der Waals surface area contributed by atoms with Crippen LogP contribution in [0.2, 0.25) is 0 Å². The summed E-state index contributed by atoms with van der Waals surface area (Å²) in [5, 5.41) is 5.57. The van der Waals surface area contributed by atoms with Crippen LogP contribution in [0.1, 0.15) is 23.6 Å². The van der Waals surface area contributed by atoms with Crippen LogP contribution in [0.4, 0.5) is 11.5 Å². The lowest BCUT2D eigenvalue weighted by Gasteiger charge is -2.22. The topological polar surface area (TPSA) is 46.8 Å². The quantitative estimate of drug-likeness (QED) is 0.521. The molecule has 0 N–H and O–H groups in total. The molecule has 2 heterocycles. The van der Waals surface area contributed by atoms with Crippen molar-refractivity contribution in [2.75, 3.05) is 11.4 Å². The fourth-order valence-electron chi connectivity index (χ4n) is 3.56. The summed E-state index contributed by atoms with van der Waals surface area (Å²) in [6, 6.07) is 14.9. The van der Waals surface area contributed by atoms with Crippen molar-refractivity contribution in [3.8, 4) is 5.69 Å². The summed E-state index contributed by atoms with van der Waals surface area (Å²) in [5.74, 6) is 0.878. The van der Waals surface area contributed by atoms with Crippen LogP contribution < -0.4 is 4.90 Å². The minimum absolute atomic E-state index is 0.810. The second-order valence-corrected chi connectivity index (χ2v) is 6.92. The molecule has 0 aliphatic carbocycles. The third kappa shape index (κ3) is 3.16. The van der Waals surface area contributed by atoms with Gasteiger partial charge in [-0.3, -0.25) is 0 Å². The first kappa shape index (κ1) is 17.2. The predicted molar refractivity (Wildman–Crippen MR) is 110 cm³/mol. The van der Waals surface area contributed by atoms with E-state index in [4.69, 9.17) is 0 Å². The maximum Gasteiger partial charge on any atom is 0.168 e. The lowest BCUT2D eigenvalue weighted by Crippen LogP contribution is -2.18. The molecule has 0 aliphatic rings. The number of aromatic nitrogens is 4. The molecule has 0 unspecified atom stereocenters. The summed E-state index contributed by atoms with van der Waals surface area (Å²) < 4.78 is 1.89. The second-order valence-electron chi connectivity index (χ2n) is 6.92. The minimum Gasteiger partial charge on any atom is -0.326 e. The van der Waals surface area contributed by atoms with Gasteiger partial charge in [0.2, 0.25) is 0 Å². The molecule has 0 spiro atoms. The Balaban J connectivity index is 1.87. The largest absolute Gasteiger partial charge is 0.326 e. The summed E-state index contributed by atoms with van der Waals surface area (Å²) in [6.45, 7) is 9.23. The molecule has 4 rings (SSSR count). The first-order chi connectivity index (χ1) is 13.1. The number of hydrogen-bond donors (Lipinski definition) is 0. The highest BCUT2D eigenvalue weighted by molar-refractivity contribution is 5.90. The van der Waals surface area contributed by atoms with Gasteiger partial charge in [-0.1, -0.05) is 18.2 Å². The minimum atomic E-state index is 0.810. The number of aryl methyl sites for hydroxylation is 3. The third-order valence-corrected chi connectivity index (χ3v) is 4.68. The van der Waals surface area contributed by atoms with E-state index in [9.17, 15) is 0 Å². The summed E-state index contributed by atoms with van der Waals surface area (Å²) in [6.07, 6.45) is 3.48. The summed E-state index contributed by atoms with van der Waals surface area (Å²) in [4.78, 5) is 11.3. The number of hydrogen-bond acceptors (Lipinski definition) is 4. The Bertz CT molecular complexity index is 1090. The molecular weight excluding hydrogens is 334 g/mol. The highest BCUT2D eigenvalue weighted by atomic mass is 15.3. The monoisotopic (exact) mass is 357 g/mol. The number of anilines is 2. The lowest BCUT2D eigenvalue weighted by atomic mass is 10.1. The molecule has 0 saturated heterocycles. The standard InChI is InChI=1S/C22H23N5/c1-5-26(18-8-6-7-15(2)10-18)21-20-13-25-27(22(20)24-14-23-21)19-11-16(3)9-17(4)12-19/h6-14H,5H2,1-4H3. The molecule has 0 atom stereocenters. The smallest absolute Gasteiger partial charge is 0.168 e. The van der Waals surface area contributed by atoms with Gasteiger partial charge >= 0.3 is 0 Å². The SMILES string of the molecule is CCN(c1cccc(C)c1)c1ncnc2c1cnn2-c1cc(C)cc(C)c1. The molecule has 5 heteroatoms. The molecule has 0 fully saturated rings. The highest BCUT2D eigenvalue weighted by Gasteiger charge is 2.17. The second kappa shape index (κ2) is 6.83. The van der Waals surface area contributed by atoms with E-state index in [0.29, 0.717) is 0 Å². The zero-order chi connectivity index (χ0) is 19.0. The highest BCUT2D eigenvalue weighted by Crippen LogP contribution is 2.30. The lowest BCUT2D eigenvalue weighted by molar-refractivity contribution is 0.891. The van der Waals surface area contributed by atoms with Crippen molar-refractivity contribution >= 4 is 22.5 Å². The maximum absolute atomic E-state index is 4.62. The Morgan fingerprint density at radius 2 is 1.70 bits per heavy atom. The molecule has 0 bridgehead atoms. The van der Waals surface area contributed by atoms with Crippen LogP contribution in [0, 0.1) is 20.8 Å². The van der Waals surface area contributed by atoms with Gasteiger partial charge in [0, 0.05) is 12.2 Å². The molecule has 0 amide bonds. The van der Waals surface area contributed by atoms with Gasteiger partial charge in [0.1, 0.15) is 12.1 Å². The Labute approximate surface area is 159 Å². The molecule has 0 aliphatic heterocycles. The van der Waals surface area contributed by atoms with E-state index in [1.807, 2.05) is 10.9 Å². The van der Waals surface area contributed by atoms with Crippen molar-refractivity contribution in [2.45, 2.75) is 27.7 Å². The number of nitrogens with zero attached hydrogens (tertiary/aromatic N) is 5. The number of rotatable bonds is 4. The van der Waals surface area contributed by atoms with Crippen molar-refractivity contribution in [2.24, 2.45) is 0 Å². The van der Waals surface area contributed by atoms with Gasteiger partial charge in [-0.05, 0) is 68.7 Å². The molecule has 4 aromatic rings. The molecular formula is C22H23N5. The van der Waals surface area contributed by atoms with E-state index >= 15 is 0 Å². The van der Waals surface area contributed by atoms with Crippen LogP contribution in [-0.2, 0) is 0 Å². The fraction of sp³-hybridized carbons (Fsp3) is 0.227. The zero-order valence-corrected chi connectivity index (χ0v) is 16.1. The van der Waals surface area contributed by atoms with Crippen molar-refractivity contribution in [1.82, 2.24) is 19.7 Å². The average Bonchev–Trinajstić information content (AvgIpc) is 3.06. The molecule has 5 nitrogen and oxygen atoms in total. The maximum atomic E-state index is 4.62. The van der Waals surface area contributed by atoms with Gasteiger partial charge in [0.25, 0.3) is 0 Å². The third-order valence-electron chi connectivity index (χ3n) is 4.68. The summed E-state index contributed by atoms with van der Waals surface area (Å²) in [5.41, 5.74) is 6.59. The van der Waals surface area contributed by atoms with E-state index in [2.05, 4.69) is 90.1 Å². The van der Waals surface area contributed by atoms with Crippen LogP contribution in [0.25, 0.3) is 16.7 Å². The van der Waals surface area contributed by atoms with Gasteiger partial charge < -0.3 is 4.90 Å². The Morgan fingerprint density at radius 1 is 0.926 bits per heavy atom. The van der Waals surface area contributed by atoms with Crippen molar-refractivity contribution in [3.63, 3.8) is 0 Å². The number of fused-ring (bicyclic) bond motifs is 1. The molecule has 2 aromatic heterocycles. The molecule has 136 valence electrons. The summed E-state index contributed by atoms with van der Waals surface area (Å²) >= 11 is 0. The Hall–Kier alpha value is -3.21. The van der Waals surface area contributed by atoms with Crippen LogP contribution in [0.15, 0.2) is 55.0 Å². The fourth-order valence-corrected chi connectivity index (χ4v) is 3.56. The van der Waals surface area contributed by atoms with Crippen LogP contribution in [0.5, 0.6) is 0 Å². The zero-order valence-electron chi connectivity index (χ0n) is 16.1. The van der Waals surface area contributed by atoms with E-state index < -0.39 is 0 Å². The van der Waals surface area contributed by atoms with E-state index in [-0.39, 0.29) is 0 Å². The predicted octanol–water partition coefficient (Wildman–Crippen LogP) is 4.90. The van der Waals surface area contributed by atoms with Crippen molar-refractivity contribution in [1.29, 1.82) is 0 Å². The first-order valence-corrected chi connectivity index (χ1v) is 9.18. The molecule has 0 radical (unpaired) electrons. The Kier molecular flexibility index (Phi) is 4.36. The molecule has 0 saturated carbocycles. The van der Waals surface area contributed by atoms with Gasteiger partial charge in [0.15, 0.2) is 5.65 Å². The summed E-state index contributed by atoms with van der Waals surface area (Å²) in [7, 11) is 0. The van der Waals surface area contributed by atoms with E-state index in [0.717, 1.165) is 34.8 Å². The average molecular weight is 357 g/mol. The molecule has 2 aromatic carbocycles.